The number of hydrazine groups is 1. The van der Waals surface area contributed by atoms with E-state index in [1.165, 1.54) is 0 Å². The standard InChI is InChI=1S/C14H19FN4/c1-9-5-4-6-12(14(9)15)13(17-16)8-11-7-10(2)18-19(11)3/h4-7,13,17H,8,16H2,1-3H3. The van der Waals surface area contributed by atoms with Crippen LogP contribution < -0.4 is 11.3 Å². The quantitative estimate of drug-likeness (QED) is 0.654. The monoisotopic (exact) mass is 262 g/mol. The Kier molecular flexibility index (Phi) is 3.97. The molecule has 0 aliphatic carbocycles. The molecule has 0 aliphatic heterocycles. The zero-order chi connectivity index (χ0) is 14.0. The lowest BCUT2D eigenvalue weighted by atomic mass is 9.99. The summed E-state index contributed by atoms with van der Waals surface area (Å²) < 4.78 is 15.9. The Labute approximate surface area is 112 Å². The lowest BCUT2D eigenvalue weighted by Crippen LogP contribution is -2.31. The van der Waals surface area contributed by atoms with Crippen molar-refractivity contribution in [1.29, 1.82) is 0 Å². The second-order valence-corrected chi connectivity index (χ2v) is 4.80. The smallest absolute Gasteiger partial charge is 0.130 e. The molecule has 0 fully saturated rings. The van der Waals surface area contributed by atoms with Gasteiger partial charge in [0, 0.05) is 24.7 Å². The molecule has 0 amide bonds. The molecule has 0 saturated carbocycles. The van der Waals surface area contributed by atoms with Crippen LogP contribution in [0.4, 0.5) is 4.39 Å². The zero-order valence-corrected chi connectivity index (χ0v) is 11.4. The third-order valence-corrected chi connectivity index (χ3v) is 3.31. The van der Waals surface area contributed by atoms with E-state index in [1.54, 1.807) is 23.7 Å². The number of aryl methyl sites for hydroxylation is 3. The third kappa shape index (κ3) is 2.83. The maximum Gasteiger partial charge on any atom is 0.130 e. The summed E-state index contributed by atoms with van der Waals surface area (Å²) in [6, 6.07) is 7.07. The highest BCUT2D eigenvalue weighted by molar-refractivity contribution is 5.28. The number of aromatic nitrogens is 2. The van der Waals surface area contributed by atoms with Crippen molar-refractivity contribution in [3.05, 3.63) is 52.6 Å². The Morgan fingerprint density at radius 2 is 2.16 bits per heavy atom. The Hall–Kier alpha value is -1.72. The molecule has 102 valence electrons. The summed E-state index contributed by atoms with van der Waals surface area (Å²) in [6.07, 6.45) is 0.591. The summed E-state index contributed by atoms with van der Waals surface area (Å²) in [5.41, 5.74) is 5.86. The minimum Gasteiger partial charge on any atom is -0.272 e. The number of nitrogens with zero attached hydrogens (tertiary/aromatic N) is 2. The van der Waals surface area contributed by atoms with Gasteiger partial charge in [-0.2, -0.15) is 5.10 Å². The molecule has 0 spiro atoms. The average Bonchev–Trinajstić information content (AvgIpc) is 2.68. The van der Waals surface area contributed by atoms with E-state index >= 15 is 0 Å². The van der Waals surface area contributed by atoms with Crippen molar-refractivity contribution in [2.45, 2.75) is 26.3 Å². The molecule has 19 heavy (non-hydrogen) atoms. The van der Waals surface area contributed by atoms with Gasteiger partial charge in [0.25, 0.3) is 0 Å². The van der Waals surface area contributed by atoms with Crippen LogP contribution in [0, 0.1) is 19.7 Å². The first-order valence-electron chi connectivity index (χ1n) is 6.23. The van der Waals surface area contributed by atoms with Crippen LogP contribution in [0.5, 0.6) is 0 Å². The van der Waals surface area contributed by atoms with Crippen molar-refractivity contribution in [2.24, 2.45) is 12.9 Å². The van der Waals surface area contributed by atoms with Crippen LogP contribution in [0.3, 0.4) is 0 Å². The van der Waals surface area contributed by atoms with Crippen molar-refractivity contribution < 1.29 is 4.39 Å². The Morgan fingerprint density at radius 3 is 2.74 bits per heavy atom. The number of hydrogen-bond donors (Lipinski definition) is 2. The molecule has 2 aromatic rings. The number of rotatable bonds is 4. The van der Waals surface area contributed by atoms with Gasteiger partial charge < -0.3 is 0 Å². The molecule has 0 bridgehead atoms. The maximum absolute atomic E-state index is 14.1. The largest absolute Gasteiger partial charge is 0.272 e. The van der Waals surface area contributed by atoms with Crippen LogP contribution in [0.2, 0.25) is 0 Å². The van der Waals surface area contributed by atoms with E-state index < -0.39 is 0 Å². The fourth-order valence-corrected chi connectivity index (χ4v) is 2.26. The Bertz CT molecular complexity index is 577. The highest BCUT2D eigenvalue weighted by atomic mass is 19.1. The highest BCUT2D eigenvalue weighted by Crippen LogP contribution is 2.22. The van der Waals surface area contributed by atoms with Gasteiger partial charge in [-0.1, -0.05) is 18.2 Å². The van der Waals surface area contributed by atoms with E-state index in [9.17, 15) is 4.39 Å². The van der Waals surface area contributed by atoms with Gasteiger partial charge in [0.1, 0.15) is 5.82 Å². The zero-order valence-electron chi connectivity index (χ0n) is 11.4. The molecule has 5 heteroatoms. The van der Waals surface area contributed by atoms with Crippen LogP contribution in [0.15, 0.2) is 24.3 Å². The van der Waals surface area contributed by atoms with Gasteiger partial charge in [-0.05, 0) is 25.5 Å². The summed E-state index contributed by atoms with van der Waals surface area (Å²) in [5, 5.41) is 4.29. The van der Waals surface area contributed by atoms with Crippen molar-refractivity contribution in [3.8, 4) is 0 Å². The van der Waals surface area contributed by atoms with Gasteiger partial charge in [-0.25, -0.2) is 4.39 Å². The topological polar surface area (TPSA) is 55.9 Å². The van der Waals surface area contributed by atoms with E-state index in [0.29, 0.717) is 17.5 Å². The van der Waals surface area contributed by atoms with Crippen LogP contribution in [0.1, 0.15) is 28.6 Å². The number of nitrogens with one attached hydrogen (secondary N) is 1. The fourth-order valence-electron chi connectivity index (χ4n) is 2.26. The van der Waals surface area contributed by atoms with E-state index in [-0.39, 0.29) is 11.9 Å². The molecule has 1 aromatic heterocycles. The average molecular weight is 262 g/mol. The lowest BCUT2D eigenvalue weighted by Gasteiger charge is -2.18. The van der Waals surface area contributed by atoms with Gasteiger partial charge >= 0.3 is 0 Å². The van der Waals surface area contributed by atoms with Gasteiger partial charge in [-0.3, -0.25) is 16.0 Å². The molecule has 0 radical (unpaired) electrons. The summed E-state index contributed by atoms with van der Waals surface area (Å²) in [6.45, 7) is 3.68. The van der Waals surface area contributed by atoms with Crippen molar-refractivity contribution in [1.82, 2.24) is 15.2 Å². The van der Waals surface area contributed by atoms with Crippen LogP contribution in [-0.2, 0) is 13.5 Å². The SMILES string of the molecule is Cc1cc(CC(NN)c2cccc(C)c2F)n(C)n1. The van der Waals surface area contributed by atoms with E-state index in [1.807, 2.05) is 26.1 Å². The molecule has 0 saturated heterocycles. The van der Waals surface area contributed by atoms with Gasteiger partial charge in [0.15, 0.2) is 0 Å². The minimum atomic E-state index is -0.269. The molecule has 1 unspecified atom stereocenters. The summed E-state index contributed by atoms with van der Waals surface area (Å²) in [5.74, 6) is 5.38. The summed E-state index contributed by atoms with van der Waals surface area (Å²) in [4.78, 5) is 0. The second kappa shape index (κ2) is 5.50. The summed E-state index contributed by atoms with van der Waals surface area (Å²) in [7, 11) is 1.88. The molecule has 0 aliphatic rings. The first-order valence-corrected chi connectivity index (χ1v) is 6.23. The number of hydrogen-bond acceptors (Lipinski definition) is 3. The van der Waals surface area contributed by atoms with Crippen molar-refractivity contribution in [2.75, 3.05) is 0 Å². The van der Waals surface area contributed by atoms with Crippen molar-refractivity contribution in [3.63, 3.8) is 0 Å². The van der Waals surface area contributed by atoms with Gasteiger partial charge in [-0.15, -0.1) is 0 Å². The minimum absolute atomic E-state index is 0.204. The molecule has 2 rings (SSSR count). The number of benzene rings is 1. The first-order chi connectivity index (χ1) is 9.02. The lowest BCUT2D eigenvalue weighted by molar-refractivity contribution is 0.495. The van der Waals surface area contributed by atoms with E-state index in [2.05, 4.69) is 10.5 Å². The molecule has 4 nitrogen and oxygen atoms in total. The third-order valence-electron chi connectivity index (χ3n) is 3.31. The maximum atomic E-state index is 14.1. The highest BCUT2D eigenvalue weighted by Gasteiger charge is 2.17. The second-order valence-electron chi connectivity index (χ2n) is 4.80. The summed E-state index contributed by atoms with van der Waals surface area (Å²) >= 11 is 0. The predicted molar refractivity (Wildman–Crippen MR) is 72.9 cm³/mol. The van der Waals surface area contributed by atoms with Gasteiger partial charge in [0.2, 0.25) is 0 Å². The normalized spacial score (nSPS) is 12.7. The number of halogens is 1. The van der Waals surface area contributed by atoms with Crippen LogP contribution >= 0.6 is 0 Å². The molecular weight excluding hydrogens is 243 g/mol. The first kappa shape index (κ1) is 13.7. The van der Waals surface area contributed by atoms with Gasteiger partial charge in [0.05, 0.1) is 11.7 Å². The van der Waals surface area contributed by atoms with Crippen LogP contribution in [-0.4, -0.2) is 9.78 Å². The predicted octanol–water partition coefficient (Wildman–Crippen LogP) is 1.92. The van der Waals surface area contributed by atoms with E-state index in [0.717, 1.165) is 11.4 Å². The van der Waals surface area contributed by atoms with Crippen LogP contribution in [0.25, 0.3) is 0 Å². The molecule has 3 N–H and O–H groups in total. The Balaban J connectivity index is 2.30. The fraction of sp³-hybridized carbons (Fsp3) is 0.357. The molecule has 1 heterocycles. The van der Waals surface area contributed by atoms with E-state index in [4.69, 9.17) is 5.84 Å². The Morgan fingerprint density at radius 1 is 1.42 bits per heavy atom. The molecular formula is C14H19FN4. The molecule has 1 aromatic carbocycles. The van der Waals surface area contributed by atoms with Crippen molar-refractivity contribution >= 4 is 0 Å². The molecule has 1 atom stereocenters. The number of nitrogens with two attached hydrogens (primary N) is 1.